The number of nitrogens with one attached hydrogen (secondary N) is 1. The van der Waals surface area contributed by atoms with Gasteiger partial charge < -0.3 is 10.2 Å². The summed E-state index contributed by atoms with van der Waals surface area (Å²) in [6.45, 7) is 1.60. The summed E-state index contributed by atoms with van der Waals surface area (Å²) in [5.74, 6) is -0.101. The topological polar surface area (TPSA) is 75.9 Å². The number of carbonyl (C=O) groups is 1. The van der Waals surface area contributed by atoms with E-state index in [2.05, 4.69) is 20.6 Å². The summed E-state index contributed by atoms with van der Waals surface area (Å²) in [7, 11) is 3.42. The second kappa shape index (κ2) is 6.65. The van der Waals surface area contributed by atoms with E-state index in [1.807, 2.05) is 12.3 Å². The molecule has 2 heterocycles. The van der Waals surface area contributed by atoms with Crippen LogP contribution in [0, 0.1) is 0 Å². The Hall–Kier alpha value is -2.44. The van der Waals surface area contributed by atoms with Crippen molar-refractivity contribution in [2.75, 3.05) is 26.0 Å². The highest BCUT2D eigenvalue weighted by Crippen LogP contribution is 2.09. The first-order valence-electron chi connectivity index (χ1n) is 6.42. The minimum atomic E-state index is -0.101. The Bertz CT molecular complexity index is 552. The van der Waals surface area contributed by atoms with Crippen molar-refractivity contribution in [1.29, 1.82) is 0 Å². The van der Waals surface area contributed by atoms with Gasteiger partial charge in [-0.15, -0.1) is 5.10 Å². The van der Waals surface area contributed by atoms with Gasteiger partial charge in [-0.2, -0.15) is 0 Å². The zero-order chi connectivity index (χ0) is 14.4. The minimum Gasteiger partial charge on any atom is -0.385 e. The second-order valence-electron chi connectivity index (χ2n) is 4.58. The predicted octanol–water partition coefficient (Wildman–Crippen LogP) is 0.877. The summed E-state index contributed by atoms with van der Waals surface area (Å²) in [6.07, 6.45) is 6.05. The van der Waals surface area contributed by atoms with Gasteiger partial charge in [-0.25, -0.2) is 0 Å². The molecule has 0 radical (unpaired) electrons. The lowest BCUT2D eigenvalue weighted by Gasteiger charge is -2.11. The van der Waals surface area contributed by atoms with Gasteiger partial charge in [0.1, 0.15) is 5.69 Å². The van der Waals surface area contributed by atoms with Gasteiger partial charge in [0.2, 0.25) is 0 Å². The van der Waals surface area contributed by atoms with Gasteiger partial charge in [0.05, 0.1) is 6.20 Å². The number of aromatic nitrogens is 4. The van der Waals surface area contributed by atoms with Crippen LogP contribution in [0.2, 0.25) is 0 Å². The number of carbonyl (C=O) groups excluding carboxylic acids is 1. The molecule has 0 bridgehead atoms. The van der Waals surface area contributed by atoms with Crippen LogP contribution in [0.5, 0.6) is 0 Å². The molecule has 0 aromatic carbocycles. The first-order valence-corrected chi connectivity index (χ1v) is 6.42. The molecule has 1 amide bonds. The van der Waals surface area contributed by atoms with Crippen LogP contribution in [-0.4, -0.2) is 51.4 Å². The molecule has 2 aromatic rings. The van der Waals surface area contributed by atoms with Gasteiger partial charge in [0.25, 0.3) is 5.91 Å². The Morgan fingerprint density at radius 1 is 1.40 bits per heavy atom. The maximum atomic E-state index is 11.8. The van der Waals surface area contributed by atoms with E-state index in [4.69, 9.17) is 0 Å². The maximum absolute atomic E-state index is 11.8. The van der Waals surface area contributed by atoms with E-state index in [1.165, 1.54) is 4.90 Å². The average molecular weight is 274 g/mol. The number of amides is 1. The summed E-state index contributed by atoms with van der Waals surface area (Å²) in [5, 5.41) is 10.9. The molecule has 0 atom stereocenters. The third-order valence-corrected chi connectivity index (χ3v) is 2.75. The molecule has 0 saturated heterocycles. The molecule has 106 valence electrons. The third-order valence-electron chi connectivity index (χ3n) is 2.75. The second-order valence-corrected chi connectivity index (χ2v) is 4.58. The van der Waals surface area contributed by atoms with Crippen LogP contribution in [-0.2, 0) is 6.54 Å². The fraction of sp³-hybridized carbons (Fsp3) is 0.385. The van der Waals surface area contributed by atoms with E-state index in [0.29, 0.717) is 5.69 Å². The highest BCUT2D eigenvalue weighted by atomic mass is 16.2. The van der Waals surface area contributed by atoms with Crippen LogP contribution >= 0.6 is 0 Å². The predicted molar refractivity (Wildman–Crippen MR) is 75.4 cm³/mol. The largest absolute Gasteiger partial charge is 0.385 e. The van der Waals surface area contributed by atoms with Crippen LogP contribution in [0.1, 0.15) is 16.9 Å². The molecule has 0 aliphatic rings. The molecule has 0 saturated carbocycles. The van der Waals surface area contributed by atoms with Crippen molar-refractivity contribution in [3.05, 3.63) is 36.4 Å². The highest BCUT2D eigenvalue weighted by molar-refractivity contribution is 5.92. The van der Waals surface area contributed by atoms with Gasteiger partial charge in [0.15, 0.2) is 0 Å². The lowest BCUT2D eigenvalue weighted by Crippen LogP contribution is -2.22. The normalized spacial score (nSPS) is 10.3. The van der Waals surface area contributed by atoms with E-state index < -0.39 is 0 Å². The molecule has 1 N–H and O–H groups in total. The van der Waals surface area contributed by atoms with Crippen molar-refractivity contribution in [1.82, 2.24) is 24.9 Å². The molecule has 0 aliphatic carbocycles. The lowest BCUT2D eigenvalue weighted by molar-refractivity contribution is 0.0822. The molecule has 0 unspecified atom stereocenters. The average Bonchev–Trinajstić information content (AvgIpc) is 2.96. The lowest BCUT2D eigenvalue weighted by atomic mass is 10.3. The van der Waals surface area contributed by atoms with Crippen molar-refractivity contribution in [3.63, 3.8) is 0 Å². The molecule has 2 rings (SSSR count). The molecule has 2 aromatic heterocycles. The first-order chi connectivity index (χ1) is 9.66. The molecular weight excluding hydrogens is 256 g/mol. The molecular formula is C13H18N6O. The van der Waals surface area contributed by atoms with E-state index in [9.17, 15) is 4.79 Å². The number of pyridine rings is 1. The van der Waals surface area contributed by atoms with Crippen LogP contribution in [0.3, 0.4) is 0 Å². The number of hydrogen-bond donors (Lipinski definition) is 1. The molecule has 20 heavy (non-hydrogen) atoms. The SMILES string of the molecule is CN(C)C(=O)c1cc(NCCCn2ccnn2)ccn1. The van der Waals surface area contributed by atoms with Crippen LogP contribution < -0.4 is 5.32 Å². The van der Waals surface area contributed by atoms with Crippen molar-refractivity contribution in [2.24, 2.45) is 0 Å². The summed E-state index contributed by atoms with van der Waals surface area (Å²) in [6, 6.07) is 3.61. The smallest absolute Gasteiger partial charge is 0.272 e. The van der Waals surface area contributed by atoms with Crippen LogP contribution in [0.4, 0.5) is 5.69 Å². The number of hydrogen-bond acceptors (Lipinski definition) is 5. The Labute approximate surface area is 117 Å². The van der Waals surface area contributed by atoms with Crippen molar-refractivity contribution < 1.29 is 4.79 Å². The van der Waals surface area contributed by atoms with Crippen molar-refractivity contribution in [3.8, 4) is 0 Å². The number of anilines is 1. The molecule has 7 nitrogen and oxygen atoms in total. The summed E-state index contributed by atoms with van der Waals surface area (Å²) in [4.78, 5) is 17.4. The van der Waals surface area contributed by atoms with Crippen LogP contribution in [0.25, 0.3) is 0 Å². The Morgan fingerprint density at radius 2 is 2.25 bits per heavy atom. The fourth-order valence-corrected chi connectivity index (χ4v) is 1.71. The fourth-order valence-electron chi connectivity index (χ4n) is 1.71. The number of nitrogens with zero attached hydrogens (tertiary/aromatic N) is 5. The van der Waals surface area contributed by atoms with Crippen LogP contribution in [0.15, 0.2) is 30.7 Å². The number of rotatable bonds is 6. The van der Waals surface area contributed by atoms with E-state index in [-0.39, 0.29) is 5.91 Å². The molecule has 0 aliphatic heterocycles. The standard InChI is InChI=1S/C13H18N6O/c1-18(2)13(20)12-10-11(4-6-15-12)14-5-3-8-19-9-7-16-17-19/h4,6-7,9-10H,3,5,8H2,1-2H3,(H,14,15). The minimum absolute atomic E-state index is 0.101. The quantitative estimate of drug-likeness (QED) is 0.791. The van der Waals surface area contributed by atoms with E-state index in [1.54, 1.807) is 37.2 Å². The summed E-state index contributed by atoms with van der Waals surface area (Å²) < 4.78 is 1.79. The Morgan fingerprint density at radius 3 is 2.95 bits per heavy atom. The summed E-state index contributed by atoms with van der Waals surface area (Å²) >= 11 is 0. The monoisotopic (exact) mass is 274 g/mol. The molecule has 0 fully saturated rings. The van der Waals surface area contributed by atoms with Gasteiger partial charge in [-0.05, 0) is 18.6 Å². The van der Waals surface area contributed by atoms with Gasteiger partial charge >= 0.3 is 0 Å². The third kappa shape index (κ3) is 3.78. The maximum Gasteiger partial charge on any atom is 0.272 e. The van der Waals surface area contributed by atoms with E-state index >= 15 is 0 Å². The summed E-state index contributed by atoms with van der Waals surface area (Å²) in [5.41, 5.74) is 1.33. The zero-order valence-electron chi connectivity index (χ0n) is 11.7. The molecule has 0 spiro atoms. The zero-order valence-corrected chi connectivity index (χ0v) is 11.7. The van der Waals surface area contributed by atoms with Gasteiger partial charge in [-0.3, -0.25) is 14.5 Å². The first kappa shape index (κ1) is 14.0. The number of aryl methyl sites for hydroxylation is 1. The Balaban J connectivity index is 1.84. The van der Waals surface area contributed by atoms with E-state index in [0.717, 1.165) is 25.2 Å². The van der Waals surface area contributed by atoms with Crippen molar-refractivity contribution >= 4 is 11.6 Å². The highest BCUT2D eigenvalue weighted by Gasteiger charge is 2.09. The molecule has 7 heteroatoms. The van der Waals surface area contributed by atoms with Gasteiger partial charge in [-0.1, -0.05) is 5.21 Å². The van der Waals surface area contributed by atoms with Gasteiger partial charge in [0, 0.05) is 45.3 Å². The Kier molecular flexibility index (Phi) is 4.65. The van der Waals surface area contributed by atoms with Crippen molar-refractivity contribution in [2.45, 2.75) is 13.0 Å².